The molecule has 60 valence electrons. The van der Waals surface area contributed by atoms with Gasteiger partial charge in [0.1, 0.15) is 6.54 Å². The summed E-state index contributed by atoms with van der Waals surface area (Å²) in [5.41, 5.74) is 5.31. The van der Waals surface area contributed by atoms with E-state index in [4.69, 9.17) is 10.3 Å². The number of aliphatic imine (C=N–C) groups is 1. The lowest BCUT2D eigenvalue weighted by Crippen LogP contribution is -2.05. The van der Waals surface area contributed by atoms with Crippen molar-refractivity contribution in [2.24, 2.45) is 10.7 Å². The number of hydrogen-bond donors (Lipinski definition) is 1. The number of rotatable bonds is 2. The first-order chi connectivity index (χ1) is 5.18. The average molecular weight is 154 g/mol. The van der Waals surface area contributed by atoms with Crippen molar-refractivity contribution in [3.05, 3.63) is 11.7 Å². The lowest BCUT2D eigenvalue weighted by molar-refractivity contribution is 0.376. The number of aryl methyl sites for hydroxylation is 1. The second kappa shape index (κ2) is 3.14. The first-order valence-corrected chi connectivity index (χ1v) is 3.24. The smallest absolute Gasteiger partial charge is 0.248 e. The molecule has 0 aliphatic heterocycles. The first-order valence-electron chi connectivity index (χ1n) is 3.24. The highest BCUT2D eigenvalue weighted by Gasteiger charge is 1.99. The minimum absolute atomic E-state index is 0.364. The Morgan fingerprint density at radius 1 is 1.73 bits per heavy atom. The number of hydrogen-bond acceptors (Lipinski definition) is 4. The molecule has 0 amide bonds. The van der Waals surface area contributed by atoms with Crippen LogP contribution in [0.15, 0.2) is 9.52 Å². The summed E-state index contributed by atoms with van der Waals surface area (Å²) in [6.07, 6.45) is 0. The van der Waals surface area contributed by atoms with Crippen LogP contribution in [0.1, 0.15) is 18.6 Å². The van der Waals surface area contributed by atoms with Crippen molar-refractivity contribution in [1.82, 2.24) is 10.1 Å². The van der Waals surface area contributed by atoms with E-state index in [1.165, 1.54) is 0 Å². The molecular formula is C6H10N4O. The lowest BCUT2D eigenvalue weighted by atomic mass is 10.6. The first kappa shape index (κ1) is 7.71. The van der Waals surface area contributed by atoms with E-state index in [0.717, 1.165) is 0 Å². The van der Waals surface area contributed by atoms with Crippen molar-refractivity contribution in [2.75, 3.05) is 0 Å². The molecule has 0 spiro atoms. The van der Waals surface area contributed by atoms with Crippen LogP contribution in [0, 0.1) is 6.92 Å². The zero-order chi connectivity index (χ0) is 8.27. The van der Waals surface area contributed by atoms with Gasteiger partial charge in [0.2, 0.25) is 5.89 Å². The fourth-order valence-corrected chi connectivity index (χ4v) is 0.597. The molecule has 1 rings (SSSR count). The molecule has 1 heterocycles. The number of amidine groups is 1. The number of nitrogens with two attached hydrogens (primary N) is 1. The highest BCUT2D eigenvalue weighted by Crippen LogP contribution is 1.96. The molecule has 1 aromatic heterocycles. The van der Waals surface area contributed by atoms with E-state index in [2.05, 4.69) is 15.1 Å². The maximum atomic E-state index is 5.31. The summed E-state index contributed by atoms with van der Waals surface area (Å²) >= 11 is 0. The zero-order valence-electron chi connectivity index (χ0n) is 6.53. The molecule has 0 aliphatic carbocycles. The van der Waals surface area contributed by atoms with Gasteiger partial charge in [-0.1, -0.05) is 5.16 Å². The van der Waals surface area contributed by atoms with Gasteiger partial charge in [-0.15, -0.1) is 0 Å². The SMILES string of the molecule is CC(N)=NCc1nc(C)no1. The van der Waals surface area contributed by atoms with Crippen LogP contribution in [0.5, 0.6) is 0 Å². The van der Waals surface area contributed by atoms with Crippen LogP contribution in [-0.2, 0) is 6.54 Å². The molecule has 5 heteroatoms. The molecule has 5 nitrogen and oxygen atoms in total. The van der Waals surface area contributed by atoms with Crippen molar-refractivity contribution >= 4 is 5.84 Å². The normalized spacial score (nSPS) is 12.0. The summed E-state index contributed by atoms with van der Waals surface area (Å²) in [5, 5.41) is 3.60. The van der Waals surface area contributed by atoms with E-state index in [9.17, 15) is 0 Å². The summed E-state index contributed by atoms with van der Waals surface area (Å²) in [6, 6.07) is 0. The Balaban J connectivity index is 2.58. The quantitative estimate of drug-likeness (QED) is 0.489. The van der Waals surface area contributed by atoms with Crippen LogP contribution in [0.2, 0.25) is 0 Å². The maximum absolute atomic E-state index is 5.31. The predicted octanol–water partition coefficient (Wildman–Crippen LogP) is 0.255. The van der Waals surface area contributed by atoms with Crippen molar-refractivity contribution in [3.8, 4) is 0 Å². The highest BCUT2D eigenvalue weighted by molar-refractivity contribution is 5.77. The third-order valence-electron chi connectivity index (χ3n) is 1.03. The van der Waals surface area contributed by atoms with Gasteiger partial charge >= 0.3 is 0 Å². The lowest BCUT2D eigenvalue weighted by Gasteiger charge is -1.86. The Hall–Kier alpha value is -1.39. The third-order valence-corrected chi connectivity index (χ3v) is 1.03. The minimum Gasteiger partial charge on any atom is -0.388 e. The fraction of sp³-hybridized carbons (Fsp3) is 0.500. The van der Waals surface area contributed by atoms with E-state index in [1.807, 2.05) is 0 Å². The molecule has 0 fully saturated rings. The summed E-state index contributed by atoms with van der Waals surface area (Å²) in [4.78, 5) is 7.85. The highest BCUT2D eigenvalue weighted by atomic mass is 16.5. The number of nitrogens with zero attached hydrogens (tertiary/aromatic N) is 3. The van der Waals surface area contributed by atoms with Gasteiger partial charge in [-0.05, 0) is 13.8 Å². The van der Waals surface area contributed by atoms with Crippen LogP contribution in [-0.4, -0.2) is 16.0 Å². The second-order valence-electron chi connectivity index (χ2n) is 2.19. The van der Waals surface area contributed by atoms with Crippen molar-refractivity contribution in [2.45, 2.75) is 20.4 Å². The van der Waals surface area contributed by atoms with E-state index >= 15 is 0 Å². The Labute approximate surface area is 64.3 Å². The van der Waals surface area contributed by atoms with Gasteiger partial charge in [0.05, 0.1) is 5.84 Å². The Morgan fingerprint density at radius 3 is 2.91 bits per heavy atom. The van der Waals surface area contributed by atoms with Crippen molar-refractivity contribution in [3.63, 3.8) is 0 Å². The van der Waals surface area contributed by atoms with Crippen LogP contribution in [0.3, 0.4) is 0 Å². The van der Waals surface area contributed by atoms with Crippen LogP contribution in [0.25, 0.3) is 0 Å². The Morgan fingerprint density at radius 2 is 2.45 bits per heavy atom. The summed E-state index contributed by atoms with van der Waals surface area (Å²) < 4.78 is 4.79. The van der Waals surface area contributed by atoms with Gasteiger partial charge < -0.3 is 10.3 Å². The molecule has 0 saturated carbocycles. The molecule has 0 radical (unpaired) electrons. The minimum atomic E-state index is 0.364. The summed E-state index contributed by atoms with van der Waals surface area (Å²) in [6.45, 7) is 3.83. The predicted molar refractivity (Wildman–Crippen MR) is 40.0 cm³/mol. The molecule has 2 N–H and O–H groups in total. The van der Waals surface area contributed by atoms with E-state index < -0.39 is 0 Å². The van der Waals surface area contributed by atoms with Gasteiger partial charge in [0.15, 0.2) is 5.82 Å². The van der Waals surface area contributed by atoms with Gasteiger partial charge in [-0.3, -0.25) is 4.99 Å². The van der Waals surface area contributed by atoms with E-state index in [-0.39, 0.29) is 0 Å². The Kier molecular flexibility index (Phi) is 2.20. The summed E-state index contributed by atoms with van der Waals surface area (Å²) in [5.74, 6) is 1.62. The van der Waals surface area contributed by atoms with Crippen LogP contribution >= 0.6 is 0 Å². The molecule has 0 aliphatic rings. The molecule has 11 heavy (non-hydrogen) atoms. The molecule has 0 saturated heterocycles. The van der Waals surface area contributed by atoms with Gasteiger partial charge in [-0.25, -0.2) is 0 Å². The Bertz CT molecular complexity index is 261. The number of aromatic nitrogens is 2. The average Bonchev–Trinajstić information content (AvgIpc) is 2.31. The van der Waals surface area contributed by atoms with Crippen molar-refractivity contribution in [1.29, 1.82) is 0 Å². The third kappa shape index (κ3) is 2.37. The maximum Gasteiger partial charge on any atom is 0.248 e. The molecule has 0 bridgehead atoms. The van der Waals surface area contributed by atoms with Crippen LogP contribution in [0.4, 0.5) is 0 Å². The molecule has 0 unspecified atom stereocenters. The van der Waals surface area contributed by atoms with E-state index in [0.29, 0.717) is 24.1 Å². The van der Waals surface area contributed by atoms with Gasteiger partial charge in [0.25, 0.3) is 0 Å². The molecule has 0 aromatic carbocycles. The summed E-state index contributed by atoms with van der Waals surface area (Å²) in [7, 11) is 0. The van der Waals surface area contributed by atoms with Gasteiger partial charge in [-0.2, -0.15) is 4.98 Å². The largest absolute Gasteiger partial charge is 0.388 e. The molecule has 1 aromatic rings. The van der Waals surface area contributed by atoms with E-state index in [1.54, 1.807) is 13.8 Å². The van der Waals surface area contributed by atoms with Crippen molar-refractivity contribution < 1.29 is 4.52 Å². The zero-order valence-corrected chi connectivity index (χ0v) is 6.53. The standard InChI is InChI=1S/C6H10N4O/c1-4(7)8-3-6-9-5(2)10-11-6/h3H2,1-2H3,(H2,7,8). The second-order valence-corrected chi connectivity index (χ2v) is 2.19. The molecular weight excluding hydrogens is 144 g/mol. The monoisotopic (exact) mass is 154 g/mol. The van der Waals surface area contributed by atoms with Crippen LogP contribution < -0.4 is 5.73 Å². The van der Waals surface area contributed by atoms with Gasteiger partial charge in [0, 0.05) is 0 Å². The topological polar surface area (TPSA) is 77.3 Å². The molecule has 0 atom stereocenters. The fourth-order valence-electron chi connectivity index (χ4n) is 0.597.